The number of hydrogen-bond acceptors (Lipinski definition) is 3. The summed E-state index contributed by atoms with van der Waals surface area (Å²) in [5.41, 5.74) is 3.05. The van der Waals surface area contributed by atoms with Crippen LogP contribution in [0.25, 0.3) is 10.9 Å². The summed E-state index contributed by atoms with van der Waals surface area (Å²) in [6.45, 7) is 4.88. The molecule has 2 rings (SSSR count). The number of likely N-dealkylation sites (N-methyl/N-ethyl adjacent to an activating group) is 1. The van der Waals surface area contributed by atoms with E-state index in [-0.39, 0.29) is 12.5 Å². The van der Waals surface area contributed by atoms with Crippen molar-refractivity contribution in [2.24, 2.45) is 0 Å². The zero-order chi connectivity index (χ0) is 13.0. The van der Waals surface area contributed by atoms with Crippen LogP contribution in [-0.4, -0.2) is 24.0 Å². The number of benzene rings is 1. The Labute approximate surface area is 106 Å². The second-order valence-corrected chi connectivity index (χ2v) is 4.19. The van der Waals surface area contributed by atoms with Gasteiger partial charge < -0.3 is 10.6 Å². The third kappa shape index (κ3) is 2.77. The van der Waals surface area contributed by atoms with Gasteiger partial charge in [-0.1, -0.05) is 11.6 Å². The van der Waals surface area contributed by atoms with Crippen LogP contribution in [0.15, 0.2) is 30.5 Å². The first-order chi connectivity index (χ1) is 8.70. The number of hydrogen-bond donors (Lipinski definition) is 2. The lowest BCUT2D eigenvalue weighted by molar-refractivity contribution is -0.119. The predicted molar refractivity (Wildman–Crippen MR) is 73.7 cm³/mol. The highest BCUT2D eigenvalue weighted by Gasteiger charge is 2.04. The average Bonchev–Trinajstić information content (AvgIpc) is 2.36. The van der Waals surface area contributed by atoms with E-state index in [1.807, 2.05) is 32.0 Å². The number of carbonyl (C=O) groups is 1. The molecule has 0 unspecified atom stereocenters. The number of rotatable bonds is 4. The number of fused-ring (bicyclic) bond motifs is 1. The van der Waals surface area contributed by atoms with Crippen molar-refractivity contribution < 1.29 is 4.79 Å². The van der Waals surface area contributed by atoms with E-state index in [1.54, 1.807) is 6.20 Å². The van der Waals surface area contributed by atoms with Gasteiger partial charge in [-0.3, -0.25) is 9.78 Å². The Morgan fingerprint density at radius 2 is 2.17 bits per heavy atom. The molecule has 2 aromatic rings. The van der Waals surface area contributed by atoms with Crippen LogP contribution < -0.4 is 10.6 Å². The lowest BCUT2D eigenvalue weighted by Gasteiger charge is -2.09. The molecule has 18 heavy (non-hydrogen) atoms. The Morgan fingerprint density at radius 1 is 1.33 bits per heavy atom. The molecule has 4 nitrogen and oxygen atoms in total. The molecular weight excluding hydrogens is 226 g/mol. The van der Waals surface area contributed by atoms with Gasteiger partial charge in [0.15, 0.2) is 0 Å². The van der Waals surface area contributed by atoms with Crippen molar-refractivity contribution in [3.05, 3.63) is 36.0 Å². The van der Waals surface area contributed by atoms with Crippen molar-refractivity contribution in [1.82, 2.24) is 10.3 Å². The number of aryl methyl sites for hydroxylation is 1. The summed E-state index contributed by atoms with van der Waals surface area (Å²) in [5.74, 6) is -0.00452. The van der Waals surface area contributed by atoms with Crippen molar-refractivity contribution in [3.63, 3.8) is 0 Å². The van der Waals surface area contributed by atoms with Gasteiger partial charge in [-0.15, -0.1) is 0 Å². The third-order valence-corrected chi connectivity index (χ3v) is 2.71. The summed E-state index contributed by atoms with van der Waals surface area (Å²) in [6.07, 6.45) is 1.75. The summed E-state index contributed by atoms with van der Waals surface area (Å²) >= 11 is 0. The van der Waals surface area contributed by atoms with Crippen molar-refractivity contribution in [3.8, 4) is 0 Å². The Balaban J connectivity index is 2.22. The van der Waals surface area contributed by atoms with Crippen LogP contribution in [-0.2, 0) is 4.79 Å². The second kappa shape index (κ2) is 5.49. The summed E-state index contributed by atoms with van der Waals surface area (Å²) < 4.78 is 0. The van der Waals surface area contributed by atoms with E-state index in [1.165, 1.54) is 5.56 Å². The molecule has 2 N–H and O–H groups in total. The molecular formula is C14H17N3O. The normalized spacial score (nSPS) is 10.3. The number of carbonyl (C=O) groups excluding carboxylic acids is 1. The van der Waals surface area contributed by atoms with Crippen LogP contribution >= 0.6 is 0 Å². The highest BCUT2D eigenvalue weighted by Crippen LogP contribution is 2.22. The standard InChI is InChI=1S/C14H17N3O/c1-3-15-14(18)9-17-13-6-7-16-12-5-4-10(2)8-11(12)13/h4-8H,3,9H2,1-2H3,(H,15,18)(H,16,17). The van der Waals surface area contributed by atoms with E-state index in [9.17, 15) is 4.79 Å². The molecule has 0 aliphatic carbocycles. The maximum atomic E-state index is 11.4. The molecule has 0 spiro atoms. The molecule has 0 fully saturated rings. The molecule has 0 saturated carbocycles. The third-order valence-electron chi connectivity index (χ3n) is 2.71. The van der Waals surface area contributed by atoms with Gasteiger partial charge in [0, 0.05) is 23.8 Å². The van der Waals surface area contributed by atoms with Gasteiger partial charge in [0.05, 0.1) is 12.1 Å². The van der Waals surface area contributed by atoms with E-state index in [4.69, 9.17) is 0 Å². The summed E-state index contributed by atoms with van der Waals surface area (Å²) in [7, 11) is 0. The van der Waals surface area contributed by atoms with Gasteiger partial charge in [-0.2, -0.15) is 0 Å². The quantitative estimate of drug-likeness (QED) is 0.864. The Kier molecular flexibility index (Phi) is 3.77. The molecule has 0 aliphatic heterocycles. The summed E-state index contributed by atoms with van der Waals surface area (Å²) in [4.78, 5) is 15.7. The minimum atomic E-state index is -0.00452. The topological polar surface area (TPSA) is 54.0 Å². The first kappa shape index (κ1) is 12.4. The Morgan fingerprint density at radius 3 is 2.94 bits per heavy atom. The molecule has 0 bridgehead atoms. The van der Waals surface area contributed by atoms with Crippen molar-refractivity contribution in [2.75, 3.05) is 18.4 Å². The van der Waals surface area contributed by atoms with Crippen molar-refractivity contribution in [1.29, 1.82) is 0 Å². The van der Waals surface area contributed by atoms with Gasteiger partial charge in [0.2, 0.25) is 5.91 Å². The number of nitrogens with one attached hydrogen (secondary N) is 2. The molecule has 0 saturated heterocycles. The van der Waals surface area contributed by atoms with E-state index >= 15 is 0 Å². The van der Waals surface area contributed by atoms with E-state index in [0.29, 0.717) is 6.54 Å². The van der Waals surface area contributed by atoms with Gasteiger partial charge in [-0.25, -0.2) is 0 Å². The minimum Gasteiger partial charge on any atom is -0.376 e. The van der Waals surface area contributed by atoms with E-state index in [0.717, 1.165) is 16.6 Å². The van der Waals surface area contributed by atoms with Crippen LogP contribution in [0.2, 0.25) is 0 Å². The predicted octanol–water partition coefficient (Wildman–Crippen LogP) is 2.09. The van der Waals surface area contributed by atoms with E-state index in [2.05, 4.69) is 21.7 Å². The maximum absolute atomic E-state index is 11.4. The second-order valence-electron chi connectivity index (χ2n) is 4.19. The highest BCUT2D eigenvalue weighted by molar-refractivity contribution is 5.93. The SMILES string of the molecule is CCNC(=O)CNc1ccnc2ccc(C)cc12. The lowest BCUT2D eigenvalue weighted by atomic mass is 10.1. The number of pyridine rings is 1. The average molecular weight is 243 g/mol. The number of amides is 1. The number of aromatic nitrogens is 1. The van der Waals surface area contributed by atoms with E-state index < -0.39 is 0 Å². The molecule has 0 radical (unpaired) electrons. The molecule has 4 heteroatoms. The van der Waals surface area contributed by atoms with Gasteiger partial charge in [-0.05, 0) is 32.0 Å². The molecule has 1 amide bonds. The fourth-order valence-electron chi connectivity index (χ4n) is 1.85. The van der Waals surface area contributed by atoms with Crippen LogP contribution in [0.1, 0.15) is 12.5 Å². The Bertz CT molecular complexity index is 566. The Hall–Kier alpha value is -2.10. The van der Waals surface area contributed by atoms with Crippen LogP contribution in [0.5, 0.6) is 0 Å². The van der Waals surface area contributed by atoms with Gasteiger partial charge in [0.1, 0.15) is 0 Å². The summed E-state index contributed by atoms with van der Waals surface area (Å²) in [6, 6.07) is 7.98. The molecule has 1 aromatic heterocycles. The highest BCUT2D eigenvalue weighted by atomic mass is 16.1. The van der Waals surface area contributed by atoms with Crippen molar-refractivity contribution in [2.45, 2.75) is 13.8 Å². The number of anilines is 1. The molecule has 0 atom stereocenters. The lowest BCUT2D eigenvalue weighted by Crippen LogP contribution is -2.29. The zero-order valence-corrected chi connectivity index (χ0v) is 10.7. The zero-order valence-electron chi connectivity index (χ0n) is 10.7. The minimum absolute atomic E-state index is 0.00452. The van der Waals surface area contributed by atoms with Gasteiger partial charge in [0.25, 0.3) is 0 Å². The summed E-state index contributed by atoms with van der Waals surface area (Å²) in [5, 5.41) is 6.95. The molecule has 94 valence electrons. The van der Waals surface area contributed by atoms with Crippen LogP contribution in [0, 0.1) is 6.92 Å². The monoisotopic (exact) mass is 243 g/mol. The fraction of sp³-hybridized carbons (Fsp3) is 0.286. The van der Waals surface area contributed by atoms with Gasteiger partial charge >= 0.3 is 0 Å². The first-order valence-corrected chi connectivity index (χ1v) is 6.06. The number of nitrogens with zero attached hydrogens (tertiary/aromatic N) is 1. The molecule has 1 aromatic carbocycles. The molecule has 1 heterocycles. The smallest absolute Gasteiger partial charge is 0.239 e. The first-order valence-electron chi connectivity index (χ1n) is 6.06. The van der Waals surface area contributed by atoms with Crippen LogP contribution in [0.3, 0.4) is 0 Å². The fourth-order valence-corrected chi connectivity index (χ4v) is 1.85. The largest absolute Gasteiger partial charge is 0.376 e. The molecule has 0 aliphatic rings. The van der Waals surface area contributed by atoms with Crippen molar-refractivity contribution >= 4 is 22.5 Å². The van der Waals surface area contributed by atoms with Crippen LogP contribution in [0.4, 0.5) is 5.69 Å². The maximum Gasteiger partial charge on any atom is 0.239 e.